The first kappa shape index (κ1) is 26.6. The lowest BCUT2D eigenvalue weighted by Gasteiger charge is -2.26. The van der Waals surface area contributed by atoms with Crippen LogP contribution >= 0.6 is 23.4 Å². The normalized spacial score (nSPS) is 22.6. The molecule has 4 rings (SSSR count). The van der Waals surface area contributed by atoms with Gasteiger partial charge in [0, 0.05) is 16.0 Å². The Morgan fingerprint density at radius 2 is 1.61 bits per heavy atom. The maximum absolute atomic E-state index is 13.4. The van der Waals surface area contributed by atoms with Crippen LogP contribution in [0.1, 0.15) is 11.1 Å². The average Bonchev–Trinajstić information content (AvgIpc) is 3.22. The predicted molar refractivity (Wildman–Crippen MR) is 122 cm³/mol. The molecule has 194 valence electrons. The van der Waals surface area contributed by atoms with E-state index < -0.39 is 68.6 Å². The molecule has 0 unspecified atom stereocenters. The van der Waals surface area contributed by atoms with E-state index in [2.05, 4.69) is 4.99 Å². The fourth-order valence-corrected chi connectivity index (χ4v) is 7.82. The molecule has 2 aromatic carbocycles. The second kappa shape index (κ2) is 9.45. The smallest absolute Gasteiger partial charge is 0.416 e. The van der Waals surface area contributed by atoms with Crippen LogP contribution in [0, 0.1) is 0 Å². The maximum Gasteiger partial charge on any atom is 0.416 e. The highest BCUT2D eigenvalue weighted by Gasteiger charge is 2.50. The van der Waals surface area contributed by atoms with Crippen LogP contribution in [0.5, 0.6) is 5.75 Å². The van der Waals surface area contributed by atoms with Crippen LogP contribution in [0.15, 0.2) is 47.5 Å². The molecule has 2 aromatic rings. The number of halogens is 7. The van der Waals surface area contributed by atoms with Crippen molar-refractivity contribution in [3.63, 3.8) is 0 Å². The molecule has 0 aliphatic carbocycles. The summed E-state index contributed by atoms with van der Waals surface area (Å²) in [5.74, 6) is -1.47. The van der Waals surface area contributed by atoms with Crippen molar-refractivity contribution < 1.29 is 44.3 Å². The quantitative estimate of drug-likeness (QED) is 0.477. The van der Waals surface area contributed by atoms with E-state index >= 15 is 0 Å². The fourth-order valence-electron chi connectivity index (χ4n) is 3.76. The molecule has 2 saturated heterocycles. The lowest BCUT2D eigenvalue weighted by atomic mass is 10.1. The van der Waals surface area contributed by atoms with E-state index in [9.17, 15) is 39.6 Å². The summed E-state index contributed by atoms with van der Waals surface area (Å²) in [6, 6.07) is 5.91. The van der Waals surface area contributed by atoms with Gasteiger partial charge in [-0.15, -0.1) is 0 Å². The summed E-state index contributed by atoms with van der Waals surface area (Å²) in [5, 5.41) is -0.521. The standard InChI is InChI=1S/C21H15ClF6N2O4S2/c22-13-1-3-15(4-2-13)34-8-18(31)29-19-30(16-9-36(32,33)10-17(16)35-19)14-6-11(20(23,24)25)5-12(7-14)21(26,27)28/h1-7,16-17H,8-10H2/t16-,17+/m0/s1. The molecule has 0 radical (unpaired) electrons. The number of fused-ring (bicyclic) bond motifs is 1. The third kappa shape index (κ3) is 5.92. The van der Waals surface area contributed by atoms with Crippen LogP contribution in [-0.2, 0) is 27.0 Å². The van der Waals surface area contributed by atoms with Gasteiger partial charge in [0.2, 0.25) is 0 Å². The van der Waals surface area contributed by atoms with Gasteiger partial charge < -0.3 is 9.64 Å². The van der Waals surface area contributed by atoms with E-state index in [1.54, 1.807) is 0 Å². The molecule has 1 amide bonds. The van der Waals surface area contributed by atoms with Crippen molar-refractivity contribution >= 4 is 50.0 Å². The number of anilines is 1. The minimum absolute atomic E-state index is 0.0302. The van der Waals surface area contributed by atoms with Gasteiger partial charge in [-0.1, -0.05) is 23.4 Å². The van der Waals surface area contributed by atoms with Gasteiger partial charge in [-0.2, -0.15) is 31.3 Å². The van der Waals surface area contributed by atoms with Gasteiger partial charge in [0.15, 0.2) is 21.6 Å². The molecule has 0 aromatic heterocycles. The zero-order valence-electron chi connectivity index (χ0n) is 17.8. The van der Waals surface area contributed by atoms with Gasteiger partial charge in [0.25, 0.3) is 5.91 Å². The molecular weight excluding hydrogens is 558 g/mol. The van der Waals surface area contributed by atoms with E-state index in [1.807, 2.05) is 0 Å². The molecule has 0 N–H and O–H groups in total. The van der Waals surface area contributed by atoms with E-state index in [-0.39, 0.29) is 22.7 Å². The molecule has 0 saturated carbocycles. The van der Waals surface area contributed by atoms with E-state index in [1.165, 1.54) is 24.3 Å². The first-order valence-electron chi connectivity index (χ1n) is 10.1. The van der Waals surface area contributed by atoms with Crippen molar-refractivity contribution in [3.05, 3.63) is 58.6 Å². The SMILES string of the molecule is O=C(COc1ccc(Cl)cc1)N=C1S[C@@H]2CS(=O)(=O)C[C@@H]2N1c1cc(C(F)(F)F)cc(C(F)(F)F)c1. The summed E-state index contributed by atoms with van der Waals surface area (Å²) in [6.07, 6.45) is -10.2. The van der Waals surface area contributed by atoms with Gasteiger partial charge in [-0.25, -0.2) is 8.42 Å². The highest BCUT2D eigenvalue weighted by atomic mass is 35.5. The molecule has 15 heteroatoms. The molecule has 2 aliphatic heterocycles. The number of aliphatic imine (C=N–C) groups is 1. The highest BCUT2D eigenvalue weighted by molar-refractivity contribution is 8.16. The number of thioether (sulfide) groups is 1. The Kier molecular flexibility index (Phi) is 6.99. The number of carbonyl (C=O) groups is 1. The lowest BCUT2D eigenvalue weighted by molar-refractivity contribution is -0.143. The van der Waals surface area contributed by atoms with Gasteiger partial charge >= 0.3 is 12.4 Å². The van der Waals surface area contributed by atoms with E-state index in [4.69, 9.17) is 16.3 Å². The summed E-state index contributed by atoms with van der Waals surface area (Å²) < 4.78 is 110. The monoisotopic (exact) mass is 572 g/mol. The molecule has 2 aliphatic rings. The molecule has 0 spiro atoms. The van der Waals surface area contributed by atoms with Crippen molar-refractivity contribution in [3.8, 4) is 5.75 Å². The minimum Gasteiger partial charge on any atom is -0.484 e. The number of alkyl halides is 6. The molecular formula is C21H15ClF6N2O4S2. The number of carbonyl (C=O) groups excluding carboxylic acids is 1. The average molecular weight is 573 g/mol. The first-order valence-corrected chi connectivity index (χ1v) is 13.2. The zero-order valence-corrected chi connectivity index (χ0v) is 20.2. The summed E-state index contributed by atoms with van der Waals surface area (Å²) in [4.78, 5) is 17.3. The first-order chi connectivity index (χ1) is 16.6. The second-order valence-corrected chi connectivity index (χ2v) is 11.8. The Labute approximate surface area is 210 Å². The minimum atomic E-state index is -5.11. The summed E-state index contributed by atoms with van der Waals surface area (Å²) in [6.45, 7) is -0.580. The van der Waals surface area contributed by atoms with Crippen molar-refractivity contribution in [1.82, 2.24) is 0 Å². The lowest BCUT2D eigenvalue weighted by Crippen LogP contribution is -2.38. The van der Waals surface area contributed by atoms with Gasteiger partial charge in [0.1, 0.15) is 5.75 Å². The van der Waals surface area contributed by atoms with Crippen LogP contribution in [-0.4, -0.2) is 48.9 Å². The maximum atomic E-state index is 13.4. The number of hydrogen-bond donors (Lipinski definition) is 0. The Morgan fingerprint density at radius 3 is 2.17 bits per heavy atom. The summed E-state index contributed by atoms with van der Waals surface area (Å²) in [7, 11) is -3.61. The molecule has 2 heterocycles. The Morgan fingerprint density at radius 1 is 1.03 bits per heavy atom. The molecule has 0 bridgehead atoms. The molecule has 2 fully saturated rings. The number of hydrogen-bond acceptors (Lipinski definition) is 5. The third-order valence-electron chi connectivity index (χ3n) is 5.31. The Balaban J connectivity index is 1.71. The fraction of sp³-hybridized carbons (Fsp3) is 0.333. The van der Waals surface area contributed by atoms with Gasteiger partial charge in [-0.05, 0) is 42.5 Å². The summed E-state index contributed by atoms with van der Waals surface area (Å²) in [5.41, 5.74) is -3.71. The predicted octanol–water partition coefficient (Wildman–Crippen LogP) is 5.06. The second-order valence-electron chi connectivity index (χ2n) is 7.97. The number of amidine groups is 1. The largest absolute Gasteiger partial charge is 0.484 e. The van der Waals surface area contributed by atoms with Crippen molar-refractivity contribution in [2.75, 3.05) is 23.0 Å². The van der Waals surface area contributed by atoms with Crippen LogP contribution < -0.4 is 9.64 Å². The third-order valence-corrected chi connectivity index (χ3v) is 8.78. The Bertz CT molecular complexity index is 1280. The number of sulfone groups is 1. The number of benzene rings is 2. The number of amides is 1. The van der Waals surface area contributed by atoms with Crippen LogP contribution in [0.2, 0.25) is 5.02 Å². The van der Waals surface area contributed by atoms with Crippen molar-refractivity contribution in [1.29, 1.82) is 0 Å². The number of rotatable bonds is 4. The van der Waals surface area contributed by atoms with Crippen LogP contribution in [0.4, 0.5) is 32.0 Å². The van der Waals surface area contributed by atoms with Gasteiger partial charge in [-0.3, -0.25) is 4.79 Å². The summed E-state index contributed by atoms with van der Waals surface area (Å²) >= 11 is 6.58. The van der Waals surface area contributed by atoms with Crippen LogP contribution in [0.3, 0.4) is 0 Å². The Hall–Kier alpha value is -2.45. The van der Waals surface area contributed by atoms with Gasteiger partial charge in [0.05, 0.1) is 28.7 Å². The zero-order chi connectivity index (χ0) is 26.5. The van der Waals surface area contributed by atoms with Crippen LogP contribution in [0.25, 0.3) is 0 Å². The molecule has 2 atom stereocenters. The topological polar surface area (TPSA) is 76.0 Å². The highest BCUT2D eigenvalue weighted by Crippen LogP contribution is 2.44. The van der Waals surface area contributed by atoms with E-state index in [0.717, 1.165) is 16.7 Å². The number of ether oxygens (including phenoxy) is 1. The molecule has 36 heavy (non-hydrogen) atoms. The van der Waals surface area contributed by atoms with E-state index in [0.29, 0.717) is 17.2 Å². The number of nitrogens with zero attached hydrogens (tertiary/aromatic N) is 2. The van der Waals surface area contributed by atoms with Crippen molar-refractivity contribution in [2.24, 2.45) is 4.99 Å². The molecule has 6 nitrogen and oxygen atoms in total. The van der Waals surface area contributed by atoms with Crippen molar-refractivity contribution in [2.45, 2.75) is 23.6 Å².